The van der Waals surface area contributed by atoms with Gasteiger partial charge in [0.25, 0.3) is 0 Å². The Hall–Kier alpha value is -3.26. The minimum atomic E-state index is -0.286. The lowest BCUT2D eigenvalue weighted by Gasteiger charge is -2.40. The number of fused-ring (bicyclic) bond motifs is 3. The molecule has 0 saturated carbocycles. The van der Waals surface area contributed by atoms with E-state index in [1.165, 1.54) is 6.07 Å². The quantitative estimate of drug-likeness (QED) is 0.526. The molecule has 3 N–H and O–H groups in total. The highest BCUT2D eigenvalue weighted by Gasteiger charge is 2.34. The summed E-state index contributed by atoms with van der Waals surface area (Å²) in [7, 11) is 1.80. The molecule has 1 aliphatic heterocycles. The van der Waals surface area contributed by atoms with E-state index >= 15 is 0 Å². The van der Waals surface area contributed by atoms with Crippen molar-refractivity contribution in [1.29, 1.82) is 0 Å². The van der Waals surface area contributed by atoms with Crippen LogP contribution < -0.4 is 20.7 Å². The molecule has 0 amide bonds. The summed E-state index contributed by atoms with van der Waals surface area (Å²) in [6, 6.07) is 7.07. The van der Waals surface area contributed by atoms with E-state index in [0.717, 1.165) is 52.7 Å². The molecule has 1 saturated heterocycles. The second-order valence-corrected chi connectivity index (χ2v) is 7.80. The fraction of sp³-hybridized carbons (Fsp3) is 0.318. The largest absolute Gasteiger partial charge is 0.423 e. The summed E-state index contributed by atoms with van der Waals surface area (Å²) in [6.45, 7) is 4.18. The number of aryl methyl sites for hydroxylation is 1. The van der Waals surface area contributed by atoms with E-state index in [1.54, 1.807) is 19.3 Å². The standard InChI is InChI=1S/C22H23FN6O/c1-12-3-4-15(9-26-12)30-22-27-19-7-16-17(5-14(23)6-18(16)25-2)20(19)21(28-22)29-10-13(8-24)11-29/h3-6,9,13,25H,7-8,10-11,24H2,1-2H3. The van der Waals surface area contributed by atoms with Crippen molar-refractivity contribution in [3.8, 4) is 22.9 Å². The van der Waals surface area contributed by atoms with Crippen molar-refractivity contribution in [3.63, 3.8) is 0 Å². The molecule has 5 rings (SSSR count). The number of anilines is 2. The molecule has 3 aromatic rings. The third-order valence-corrected chi connectivity index (χ3v) is 5.73. The number of halogens is 1. The first-order valence-corrected chi connectivity index (χ1v) is 10.0. The summed E-state index contributed by atoms with van der Waals surface area (Å²) < 4.78 is 20.2. The monoisotopic (exact) mass is 406 g/mol. The third kappa shape index (κ3) is 3.13. The van der Waals surface area contributed by atoms with Gasteiger partial charge in [0.2, 0.25) is 0 Å². The van der Waals surface area contributed by atoms with E-state index in [4.69, 9.17) is 15.5 Å². The Balaban J connectivity index is 1.59. The predicted molar refractivity (Wildman–Crippen MR) is 114 cm³/mol. The summed E-state index contributed by atoms with van der Waals surface area (Å²) in [5.41, 5.74) is 11.1. The lowest BCUT2D eigenvalue weighted by molar-refractivity contribution is 0.407. The number of nitrogens with two attached hydrogens (primary N) is 1. The lowest BCUT2D eigenvalue weighted by atomic mass is 9.98. The molecule has 0 spiro atoms. The summed E-state index contributed by atoms with van der Waals surface area (Å²) in [4.78, 5) is 15.8. The molecule has 1 fully saturated rings. The number of rotatable bonds is 5. The van der Waals surface area contributed by atoms with Crippen LogP contribution in [-0.2, 0) is 6.42 Å². The molecule has 1 aliphatic carbocycles. The van der Waals surface area contributed by atoms with Crippen molar-refractivity contribution in [1.82, 2.24) is 15.0 Å². The maximum absolute atomic E-state index is 14.3. The van der Waals surface area contributed by atoms with Crippen LogP contribution in [0.2, 0.25) is 0 Å². The Kier molecular flexibility index (Phi) is 4.51. The average Bonchev–Trinajstić information content (AvgIpc) is 3.06. The predicted octanol–water partition coefficient (Wildman–Crippen LogP) is 3.12. The van der Waals surface area contributed by atoms with Gasteiger partial charge in [-0.2, -0.15) is 9.97 Å². The van der Waals surface area contributed by atoms with Crippen LogP contribution >= 0.6 is 0 Å². The van der Waals surface area contributed by atoms with Gasteiger partial charge in [-0.05, 0) is 48.9 Å². The maximum Gasteiger partial charge on any atom is 0.324 e. The van der Waals surface area contributed by atoms with Crippen molar-refractivity contribution in [2.75, 3.05) is 36.9 Å². The van der Waals surface area contributed by atoms with E-state index in [9.17, 15) is 4.39 Å². The number of pyridine rings is 1. The van der Waals surface area contributed by atoms with Gasteiger partial charge in [0.15, 0.2) is 0 Å². The van der Waals surface area contributed by atoms with Crippen molar-refractivity contribution in [2.45, 2.75) is 13.3 Å². The summed E-state index contributed by atoms with van der Waals surface area (Å²) >= 11 is 0. The number of benzene rings is 1. The van der Waals surface area contributed by atoms with E-state index in [0.29, 0.717) is 24.6 Å². The fourth-order valence-electron chi connectivity index (χ4n) is 4.10. The number of nitrogens with zero attached hydrogens (tertiary/aromatic N) is 4. The van der Waals surface area contributed by atoms with Crippen LogP contribution in [0.3, 0.4) is 0 Å². The number of hydrogen-bond acceptors (Lipinski definition) is 7. The minimum absolute atomic E-state index is 0.268. The zero-order valence-electron chi connectivity index (χ0n) is 16.9. The van der Waals surface area contributed by atoms with Crippen molar-refractivity contribution >= 4 is 11.5 Å². The Morgan fingerprint density at radius 3 is 2.80 bits per heavy atom. The van der Waals surface area contributed by atoms with E-state index in [-0.39, 0.29) is 11.8 Å². The highest BCUT2D eigenvalue weighted by molar-refractivity contribution is 5.88. The molecule has 2 aromatic heterocycles. The molecular formula is C22H23FN6O. The fourth-order valence-corrected chi connectivity index (χ4v) is 4.10. The van der Waals surface area contributed by atoms with Crippen LogP contribution in [0.15, 0.2) is 30.5 Å². The first kappa shape index (κ1) is 18.7. The third-order valence-electron chi connectivity index (χ3n) is 5.73. The number of nitrogens with one attached hydrogen (secondary N) is 1. The van der Waals surface area contributed by atoms with Crippen LogP contribution in [-0.4, -0.2) is 41.6 Å². The van der Waals surface area contributed by atoms with Crippen molar-refractivity contribution < 1.29 is 9.13 Å². The molecule has 0 bridgehead atoms. The molecule has 3 heterocycles. The molecule has 1 aromatic carbocycles. The first-order chi connectivity index (χ1) is 14.6. The molecule has 0 radical (unpaired) electrons. The van der Waals surface area contributed by atoms with E-state index < -0.39 is 0 Å². The molecule has 0 unspecified atom stereocenters. The van der Waals surface area contributed by atoms with Gasteiger partial charge in [0.05, 0.1) is 11.9 Å². The Morgan fingerprint density at radius 2 is 2.10 bits per heavy atom. The Morgan fingerprint density at radius 1 is 1.27 bits per heavy atom. The molecular weight excluding hydrogens is 383 g/mol. The molecule has 154 valence electrons. The molecule has 8 heteroatoms. The second kappa shape index (κ2) is 7.21. The van der Waals surface area contributed by atoms with Crippen LogP contribution in [0.4, 0.5) is 15.9 Å². The minimum Gasteiger partial charge on any atom is -0.423 e. The Bertz CT molecular complexity index is 1110. The second-order valence-electron chi connectivity index (χ2n) is 7.80. The molecule has 2 aliphatic rings. The Labute approximate surface area is 174 Å². The zero-order valence-corrected chi connectivity index (χ0v) is 16.9. The first-order valence-electron chi connectivity index (χ1n) is 10.0. The number of ether oxygens (including phenoxy) is 1. The normalized spacial score (nSPS) is 14.9. The van der Waals surface area contributed by atoms with Gasteiger partial charge in [-0.3, -0.25) is 4.98 Å². The lowest BCUT2D eigenvalue weighted by Crippen LogP contribution is -2.50. The van der Waals surface area contributed by atoms with Gasteiger partial charge in [-0.1, -0.05) is 0 Å². The molecule has 7 nitrogen and oxygen atoms in total. The number of hydrogen-bond donors (Lipinski definition) is 2. The van der Waals surface area contributed by atoms with Gasteiger partial charge in [-0.25, -0.2) is 4.39 Å². The topological polar surface area (TPSA) is 89.2 Å². The van der Waals surface area contributed by atoms with Crippen LogP contribution in [0.5, 0.6) is 11.8 Å². The highest BCUT2D eigenvalue weighted by atomic mass is 19.1. The van der Waals surface area contributed by atoms with Gasteiger partial charge >= 0.3 is 6.01 Å². The SMILES string of the molecule is CNc1cc(F)cc2c1Cc1nc(Oc3ccc(C)nc3)nc(N3CC(CN)C3)c1-2. The van der Waals surface area contributed by atoms with E-state index in [1.807, 2.05) is 19.1 Å². The van der Waals surface area contributed by atoms with Gasteiger partial charge < -0.3 is 20.7 Å². The smallest absolute Gasteiger partial charge is 0.324 e. The highest BCUT2D eigenvalue weighted by Crippen LogP contribution is 2.46. The van der Waals surface area contributed by atoms with Gasteiger partial charge in [0.1, 0.15) is 17.4 Å². The summed E-state index contributed by atoms with van der Waals surface area (Å²) in [5.74, 6) is 1.49. The molecule has 0 atom stereocenters. The zero-order chi connectivity index (χ0) is 20.8. The van der Waals surface area contributed by atoms with Crippen molar-refractivity contribution in [2.24, 2.45) is 11.7 Å². The van der Waals surface area contributed by atoms with E-state index in [2.05, 4.69) is 20.2 Å². The van der Waals surface area contributed by atoms with Crippen LogP contribution in [0.1, 0.15) is 17.0 Å². The van der Waals surface area contributed by atoms with Gasteiger partial charge in [0, 0.05) is 49.4 Å². The van der Waals surface area contributed by atoms with Crippen molar-refractivity contribution in [3.05, 3.63) is 53.2 Å². The summed E-state index contributed by atoms with van der Waals surface area (Å²) in [6.07, 6.45) is 2.25. The number of aromatic nitrogens is 3. The van der Waals surface area contributed by atoms with Gasteiger partial charge in [-0.15, -0.1) is 0 Å². The average molecular weight is 406 g/mol. The molecule has 30 heavy (non-hydrogen) atoms. The van der Waals surface area contributed by atoms with Crippen LogP contribution in [0.25, 0.3) is 11.1 Å². The summed E-state index contributed by atoms with van der Waals surface area (Å²) in [5, 5.41) is 3.10. The maximum atomic E-state index is 14.3. The van der Waals surface area contributed by atoms with Crippen LogP contribution in [0, 0.1) is 18.7 Å².